The normalized spacial score (nSPS) is 17.2. The van der Waals surface area contributed by atoms with Gasteiger partial charge in [-0.25, -0.2) is 4.79 Å². The van der Waals surface area contributed by atoms with Crippen molar-refractivity contribution in [2.75, 3.05) is 13.1 Å². The Morgan fingerprint density at radius 3 is 2.39 bits per heavy atom. The average Bonchev–Trinajstić information content (AvgIpc) is 3.26. The molecular formula is C20H27N5O6. The maximum absolute atomic E-state index is 12.7. The molecule has 1 aromatic carbocycles. The third kappa shape index (κ3) is 8.05. The van der Waals surface area contributed by atoms with E-state index in [-0.39, 0.29) is 18.4 Å². The van der Waals surface area contributed by atoms with Gasteiger partial charge >= 0.3 is 5.97 Å². The van der Waals surface area contributed by atoms with E-state index >= 15 is 0 Å². The van der Waals surface area contributed by atoms with Crippen LogP contribution in [0.4, 0.5) is 0 Å². The SMILES string of the molecule is NC(=O)CC(NC(=O)CNC(=O)C(Cc1ccccc1)NC(=O)C1CCCN1)C(=O)O. The lowest BCUT2D eigenvalue weighted by Gasteiger charge is -2.21. The lowest BCUT2D eigenvalue weighted by molar-refractivity contribution is -0.143. The van der Waals surface area contributed by atoms with Crippen LogP contribution in [0.5, 0.6) is 0 Å². The molecule has 31 heavy (non-hydrogen) atoms. The number of amides is 4. The molecule has 11 nitrogen and oxygen atoms in total. The molecule has 1 aliphatic heterocycles. The molecule has 1 saturated heterocycles. The van der Waals surface area contributed by atoms with Crippen LogP contribution in [-0.4, -0.2) is 65.9 Å². The summed E-state index contributed by atoms with van der Waals surface area (Å²) in [6, 6.07) is 6.28. The zero-order valence-electron chi connectivity index (χ0n) is 16.9. The molecule has 168 valence electrons. The van der Waals surface area contributed by atoms with E-state index in [0.717, 1.165) is 18.5 Å². The van der Waals surface area contributed by atoms with Gasteiger partial charge in [-0.2, -0.15) is 0 Å². The number of rotatable bonds is 11. The van der Waals surface area contributed by atoms with Gasteiger partial charge in [0.05, 0.1) is 19.0 Å². The molecule has 2 rings (SSSR count). The molecule has 1 aliphatic rings. The van der Waals surface area contributed by atoms with Crippen molar-refractivity contribution in [3.63, 3.8) is 0 Å². The van der Waals surface area contributed by atoms with Gasteiger partial charge in [-0.3, -0.25) is 19.2 Å². The van der Waals surface area contributed by atoms with E-state index in [4.69, 9.17) is 10.8 Å². The number of nitrogens with two attached hydrogens (primary N) is 1. The fraction of sp³-hybridized carbons (Fsp3) is 0.450. The molecule has 3 unspecified atom stereocenters. The van der Waals surface area contributed by atoms with Crippen molar-refractivity contribution in [2.45, 2.75) is 43.8 Å². The number of carboxylic acid groups (broad SMARTS) is 1. The Hall–Kier alpha value is -3.47. The Morgan fingerprint density at radius 1 is 1.10 bits per heavy atom. The first-order valence-corrected chi connectivity index (χ1v) is 9.92. The second kappa shape index (κ2) is 11.6. The van der Waals surface area contributed by atoms with E-state index in [1.54, 1.807) is 0 Å². The average molecular weight is 433 g/mol. The number of hydrogen-bond donors (Lipinski definition) is 6. The lowest BCUT2D eigenvalue weighted by Crippen LogP contribution is -2.54. The molecule has 0 bridgehead atoms. The van der Waals surface area contributed by atoms with Crippen molar-refractivity contribution >= 4 is 29.6 Å². The van der Waals surface area contributed by atoms with Crippen LogP contribution in [0.2, 0.25) is 0 Å². The molecule has 1 fully saturated rings. The van der Waals surface area contributed by atoms with E-state index in [2.05, 4.69) is 21.3 Å². The number of carbonyl (C=O) groups is 5. The third-order valence-electron chi connectivity index (χ3n) is 4.75. The second-order valence-electron chi connectivity index (χ2n) is 7.25. The van der Waals surface area contributed by atoms with Gasteiger partial charge in [0.2, 0.25) is 23.6 Å². The molecular weight excluding hydrogens is 406 g/mol. The van der Waals surface area contributed by atoms with Crippen molar-refractivity contribution in [1.82, 2.24) is 21.3 Å². The van der Waals surface area contributed by atoms with Crippen LogP contribution in [0.3, 0.4) is 0 Å². The molecule has 0 radical (unpaired) electrons. The first-order valence-electron chi connectivity index (χ1n) is 9.92. The number of nitrogens with one attached hydrogen (secondary N) is 4. The summed E-state index contributed by atoms with van der Waals surface area (Å²) in [5.74, 6) is -4.00. The highest BCUT2D eigenvalue weighted by molar-refractivity contribution is 5.93. The number of hydrogen-bond acceptors (Lipinski definition) is 6. The van der Waals surface area contributed by atoms with Crippen LogP contribution in [0.1, 0.15) is 24.8 Å². The molecule has 3 atom stereocenters. The molecule has 1 heterocycles. The maximum atomic E-state index is 12.7. The predicted molar refractivity (Wildman–Crippen MR) is 109 cm³/mol. The zero-order valence-corrected chi connectivity index (χ0v) is 16.9. The quantitative estimate of drug-likeness (QED) is 0.234. The standard InChI is InChI=1S/C20H27N5O6/c21-16(26)10-15(20(30)31)24-17(27)11-23-18(28)14(9-12-5-2-1-3-6-12)25-19(29)13-7-4-8-22-13/h1-3,5-6,13-15,22H,4,7-11H2,(H2,21,26)(H,23,28)(H,24,27)(H,25,29)(H,30,31). The Labute approximate surface area is 179 Å². The van der Waals surface area contributed by atoms with Crippen LogP contribution in [0, 0.1) is 0 Å². The summed E-state index contributed by atoms with van der Waals surface area (Å²) in [6.07, 6.45) is 1.18. The van der Waals surface area contributed by atoms with Crippen molar-refractivity contribution < 1.29 is 29.1 Å². The summed E-state index contributed by atoms with van der Waals surface area (Å²) in [5, 5.41) is 19.3. The Morgan fingerprint density at radius 2 is 1.81 bits per heavy atom. The van der Waals surface area contributed by atoms with E-state index in [1.807, 2.05) is 30.3 Å². The van der Waals surface area contributed by atoms with Gasteiger partial charge in [0, 0.05) is 6.42 Å². The van der Waals surface area contributed by atoms with Crippen molar-refractivity contribution in [2.24, 2.45) is 5.73 Å². The highest BCUT2D eigenvalue weighted by Gasteiger charge is 2.28. The summed E-state index contributed by atoms with van der Waals surface area (Å²) >= 11 is 0. The Bertz CT molecular complexity index is 810. The molecule has 1 aromatic rings. The zero-order chi connectivity index (χ0) is 22.8. The van der Waals surface area contributed by atoms with Crippen molar-refractivity contribution in [3.05, 3.63) is 35.9 Å². The fourth-order valence-electron chi connectivity index (χ4n) is 3.18. The number of aliphatic carboxylic acids is 1. The van der Waals surface area contributed by atoms with Crippen LogP contribution in [-0.2, 0) is 30.4 Å². The van der Waals surface area contributed by atoms with Gasteiger partial charge in [-0.15, -0.1) is 0 Å². The number of carbonyl (C=O) groups excluding carboxylic acids is 4. The first kappa shape index (κ1) is 23.8. The highest BCUT2D eigenvalue weighted by Crippen LogP contribution is 2.08. The van der Waals surface area contributed by atoms with E-state index < -0.39 is 48.7 Å². The second-order valence-corrected chi connectivity index (χ2v) is 7.25. The number of carboxylic acids is 1. The maximum Gasteiger partial charge on any atom is 0.326 e. The minimum atomic E-state index is -1.49. The first-order chi connectivity index (χ1) is 14.8. The summed E-state index contributed by atoms with van der Waals surface area (Å²) < 4.78 is 0. The van der Waals surface area contributed by atoms with Gasteiger partial charge < -0.3 is 32.1 Å². The molecule has 0 spiro atoms. The van der Waals surface area contributed by atoms with Crippen LogP contribution in [0.25, 0.3) is 0 Å². The largest absolute Gasteiger partial charge is 0.480 e. The predicted octanol–water partition coefficient (Wildman–Crippen LogP) is -1.97. The molecule has 0 saturated carbocycles. The highest BCUT2D eigenvalue weighted by atomic mass is 16.4. The van der Waals surface area contributed by atoms with E-state index in [0.29, 0.717) is 6.42 Å². The molecule has 4 amide bonds. The molecule has 0 aromatic heterocycles. The third-order valence-corrected chi connectivity index (χ3v) is 4.75. The summed E-state index contributed by atoms with van der Waals surface area (Å²) in [4.78, 5) is 59.2. The van der Waals surface area contributed by atoms with Gasteiger partial charge in [0.1, 0.15) is 12.1 Å². The molecule has 11 heteroatoms. The van der Waals surface area contributed by atoms with Crippen molar-refractivity contribution in [3.8, 4) is 0 Å². The van der Waals surface area contributed by atoms with Gasteiger partial charge in [-0.1, -0.05) is 30.3 Å². The topological polar surface area (TPSA) is 180 Å². The lowest BCUT2D eigenvalue weighted by atomic mass is 10.0. The van der Waals surface area contributed by atoms with Gasteiger partial charge in [-0.05, 0) is 24.9 Å². The monoisotopic (exact) mass is 433 g/mol. The number of benzene rings is 1. The van der Waals surface area contributed by atoms with Crippen molar-refractivity contribution in [1.29, 1.82) is 0 Å². The smallest absolute Gasteiger partial charge is 0.326 e. The fourth-order valence-corrected chi connectivity index (χ4v) is 3.18. The van der Waals surface area contributed by atoms with Crippen LogP contribution in [0.15, 0.2) is 30.3 Å². The van der Waals surface area contributed by atoms with Gasteiger partial charge in [0.15, 0.2) is 0 Å². The minimum Gasteiger partial charge on any atom is -0.480 e. The van der Waals surface area contributed by atoms with E-state index in [1.165, 1.54) is 0 Å². The van der Waals surface area contributed by atoms with Crippen LogP contribution >= 0.6 is 0 Å². The number of primary amides is 1. The minimum absolute atomic E-state index is 0.214. The summed E-state index contributed by atoms with van der Waals surface area (Å²) in [7, 11) is 0. The Kier molecular flexibility index (Phi) is 8.94. The molecule has 7 N–H and O–H groups in total. The Balaban J connectivity index is 1.97. The van der Waals surface area contributed by atoms with Crippen LogP contribution < -0.4 is 27.0 Å². The molecule has 0 aliphatic carbocycles. The van der Waals surface area contributed by atoms with E-state index in [9.17, 15) is 24.0 Å². The summed E-state index contributed by atoms with van der Waals surface area (Å²) in [5.41, 5.74) is 5.79. The van der Waals surface area contributed by atoms with Gasteiger partial charge in [0.25, 0.3) is 0 Å². The summed E-state index contributed by atoms with van der Waals surface area (Å²) in [6.45, 7) is 0.202.